The number of hydrogen-bond donors (Lipinski definition) is 2. The Morgan fingerprint density at radius 2 is 1.79 bits per heavy atom. The molecule has 0 saturated heterocycles. The summed E-state index contributed by atoms with van der Waals surface area (Å²) in [7, 11) is 3.00. The van der Waals surface area contributed by atoms with Gasteiger partial charge in [0.1, 0.15) is 11.5 Å². The van der Waals surface area contributed by atoms with Gasteiger partial charge in [-0.3, -0.25) is 4.79 Å². The topological polar surface area (TPSA) is 116 Å². The van der Waals surface area contributed by atoms with Gasteiger partial charge in [0.25, 0.3) is 5.91 Å². The van der Waals surface area contributed by atoms with E-state index < -0.39 is 18.0 Å². The van der Waals surface area contributed by atoms with Crippen molar-refractivity contribution in [1.29, 1.82) is 0 Å². The molecule has 1 amide bonds. The zero-order valence-corrected chi connectivity index (χ0v) is 16.2. The minimum atomic E-state index is -1.12. The summed E-state index contributed by atoms with van der Waals surface area (Å²) in [6.45, 7) is 1.16. The van der Waals surface area contributed by atoms with Crippen molar-refractivity contribution in [2.45, 2.75) is 13.0 Å². The molecule has 29 heavy (non-hydrogen) atoms. The lowest BCUT2D eigenvalue weighted by atomic mass is 10.2. The number of carboxylic acids is 1. The first-order valence-corrected chi connectivity index (χ1v) is 8.59. The molecule has 0 unspecified atom stereocenters. The Morgan fingerprint density at radius 1 is 1.10 bits per heavy atom. The number of carboxylic acid groups (broad SMARTS) is 1. The molecular formula is C20H22N2O7. The number of para-hydroxylation sites is 1. The van der Waals surface area contributed by atoms with E-state index in [2.05, 4.69) is 10.5 Å². The zero-order chi connectivity index (χ0) is 21.2. The number of rotatable bonds is 10. The maximum absolute atomic E-state index is 11.9. The van der Waals surface area contributed by atoms with Gasteiger partial charge in [-0.2, -0.15) is 5.10 Å². The van der Waals surface area contributed by atoms with Crippen molar-refractivity contribution in [2.75, 3.05) is 20.8 Å². The number of hydrogen-bond acceptors (Lipinski definition) is 7. The maximum Gasteiger partial charge on any atom is 0.344 e. The van der Waals surface area contributed by atoms with Crippen LogP contribution in [0.2, 0.25) is 0 Å². The molecule has 2 rings (SSSR count). The first-order chi connectivity index (χ1) is 13.9. The van der Waals surface area contributed by atoms with Crippen LogP contribution in [0.3, 0.4) is 0 Å². The largest absolute Gasteiger partial charge is 0.497 e. The van der Waals surface area contributed by atoms with Crippen LogP contribution >= 0.6 is 0 Å². The number of methoxy groups -OCH3 is 2. The predicted octanol–water partition coefficient (Wildman–Crippen LogP) is 2.08. The van der Waals surface area contributed by atoms with E-state index in [1.165, 1.54) is 20.2 Å². The number of carbonyl (C=O) groups is 2. The van der Waals surface area contributed by atoms with E-state index >= 15 is 0 Å². The quantitative estimate of drug-likeness (QED) is 0.462. The van der Waals surface area contributed by atoms with Crippen molar-refractivity contribution >= 4 is 18.1 Å². The van der Waals surface area contributed by atoms with Gasteiger partial charge in [0, 0.05) is 5.56 Å². The summed E-state index contributed by atoms with van der Waals surface area (Å²) in [5, 5.41) is 12.9. The van der Waals surface area contributed by atoms with Gasteiger partial charge in [0.05, 0.1) is 20.4 Å². The Bertz CT molecular complexity index is 866. The van der Waals surface area contributed by atoms with E-state index in [9.17, 15) is 9.59 Å². The Labute approximate surface area is 167 Å². The fraction of sp³-hybridized carbons (Fsp3) is 0.250. The minimum absolute atomic E-state index is 0.206. The standard InChI is InChI=1S/C20H22N2O7/c1-13(20(24)25)29-19-14(5-4-6-17(19)27-3)11-21-22-18(23)12-28-16-9-7-15(26-2)8-10-16/h4-11,13H,12H2,1-3H3,(H,22,23)(H,24,25)/b21-11+/t13-/m0/s1. The molecule has 0 aliphatic rings. The van der Waals surface area contributed by atoms with E-state index in [4.69, 9.17) is 24.1 Å². The average Bonchev–Trinajstić information content (AvgIpc) is 2.73. The van der Waals surface area contributed by atoms with Crippen molar-refractivity contribution in [3.8, 4) is 23.0 Å². The smallest absolute Gasteiger partial charge is 0.344 e. The third-order valence-corrected chi connectivity index (χ3v) is 3.69. The summed E-state index contributed by atoms with van der Waals surface area (Å²) in [6.07, 6.45) is 0.239. The third-order valence-electron chi connectivity index (χ3n) is 3.69. The zero-order valence-electron chi connectivity index (χ0n) is 16.2. The van der Waals surface area contributed by atoms with Gasteiger partial charge < -0.3 is 24.1 Å². The molecule has 154 valence electrons. The van der Waals surface area contributed by atoms with Crippen molar-refractivity contribution < 1.29 is 33.6 Å². The van der Waals surface area contributed by atoms with Crippen molar-refractivity contribution in [3.63, 3.8) is 0 Å². The summed E-state index contributed by atoms with van der Waals surface area (Å²) >= 11 is 0. The molecule has 2 aromatic carbocycles. The molecule has 9 nitrogen and oxygen atoms in total. The van der Waals surface area contributed by atoms with Gasteiger partial charge in [-0.05, 0) is 43.3 Å². The van der Waals surface area contributed by atoms with Crippen LogP contribution in [0.4, 0.5) is 0 Å². The second-order valence-electron chi connectivity index (χ2n) is 5.73. The highest BCUT2D eigenvalue weighted by Crippen LogP contribution is 2.31. The van der Waals surface area contributed by atoms with Crippen molar-refractivity contribution in [1.82, 2.24) is 5.43 Å². The van der Waals surface area contributed by atoms with E-state index in [0.29, 0.717) is 22.8 Å². The van der Waals surface area contributed by atoms with Crippen LogP contribution in [-0.2, 0) is 9.59 Å². The van der Waals surface area contributed by atoms with Crippen LogP contribution in [0.15, 0.2) is 47.6 Å². The molecule has 0 heterocycles. The number of carbonyl (C=O) groups excluding carboxylic acids is 1. The number of hydrazone groups is 1. The highest BCUT2D eigenvalue weighted by Gasteiger charge is 2.18. The molecule has 0 aliphatic heterocycles. The van der Waals surface area contributed by atoms with Gasteiger partial charge in [0.2, 0.25) is 0 Å². The Balaban J connectivity index is 1.97. The van der Waals surface area contributed by atoms with Gasteiger partial charge in [0.15, 0.2) is 24.2 Å². The molecule has 0 bridgehead atoms. The summed E-state index contributed by atoms with van der Waals surface area (Å²) in [6, 6.07) is 11.8. The van der Waals surface area contributed by atoms with Gasteiger partial charge in [-0.25, -0.2) is 10.2 Å². The lowest BCUT2D eigenvalue weighted by molar-refractivity contribution is -0.144. The summed E-state index contributed by atoms with van der Waals surface area (Å²) in [4.78, 5) is 23.0. The molecule has 0 aromatic heterocycles. The maximum atomic E-state index is 11.9. The molecule has 1 atom stereocenters. The third kappa shape index (κ3) is 6.42. The van der Waals surface area contributed by atoms with Gasteiger partial charge in [-0.1, -0.05) is 6.07 Å². The van der Waals surface area contributed by atoms with E-state index in [1.54, 1.807) is 49.6 Å². The number of aliphatic carboxylic acids is 1. The highest BCUT2D eigenvalue weighted by molar-refractivity contribution is 5.87. The molecule has 0 spiro atoms. The Hall–Kier alpha value is -3.75. The van der Waals surface area contributed by atoms with Gasteiger partial charge in [-0.15, -0.1) is 0 Å². The fourth-order valence-electron chi connectivity index (χ4n) is 2.18. The second kappa shape index (κ2) is 10.5. The van der Waals surface area contributed by atoms with Crippen LogP contribution in [-0.4, -0.2) is 50.1 Å². The first-order valence-electron chi connectivity index (χ1n) is 8.59. The Kier molecular flexibility index (Phi) is 7.84. The van der Waals surface area contributed by atoms with E-state index in [0.717, 1.165) is 0 Å². The van der Waals surface area contributed by atoms with Gasteiger partial charge >= 0.3 is 5.97 Å². The van der Waals surface area contributed by atoms with Crippen LogP contribution < -0.4 is 24.4 Å². The monoisotopic (exact) mass is 402 g/mol. The number of benzene rings is 2. The summed E-state index contributed by atoms with van der Waals surface area (Å²) in [5.74, 6) is 0.147. The van der Waals surface area contributed by atoms with Crippen LogP contribution in [0.25, 0.3) is 0 Å². The number of ether oxygens (including phenoxy) is 4. The fourth-order valence-corrected chi connectivity index (χ4v) is 2.18. The molecule has 2 N–H and O–H groups in total. The van der Waals surface area contributed by atoms with Crippen LogP contribution in [0, 0.1) is 0 Å². The number of nitrogens with zero attached hydrogens (tertiary/aromatic N) is 1. The number of amides is 1. The minimum Gasteiger partial charge on any atom is -0.497 e. The molecule has 0 fully saturated rings. The first kappa shape index (κ1) is 21.5. The van der Waals surface area contributed by atoms with Crippen LogP contribution in [0.5, 0.6) is 23.0 Å². The normalized spacial score (nSPS) is 11.6. The molecule has 2 aromatic rings. The SMILES string of the molecule is COc1ccc(OCC(=O)N/N=C/c2cccc(OC)c2O[C@@H](C)C(=O)O)cc1. The number of nitrogens with one attached hydrogen (secondary N) is 1. The lowest BCUT2D eigenvalue weighted by Crippen LogP contribution is -2.25. The Morgan fingerprint density at radius 3 is 2.41 bits per heavy atom. The molecular weight excluding hydrogens is 380 g/mol. The average molecular weight is 402 g/mol. The van der Waals surface area contributed by atoms with Crippen molar-refractivity contribution in [2.24, 2.45) is 5.10 Å². The predicted molar refractivity (Wildman–Crippen MR) is 105 cm³/mol. The molecule has 0 aliphatic carbocycles. The lowest BCUT2D eigenvalue weighted by Gasteiger charge is -2.15. The molecule has 0 radical (unpaired) electrons. The van der Waals surface area contributed by atoms with E-state index in [1.807, 2.05) is 0 Å². The molecule has 0 saturated carbocycles. The van der Waals surface area contributed by atoms with Crippen LogP contribution in [0.1, 0.15) is 12.5 Å². The highest BCUT2D eigenvalue weighted by atomic mass is 16.5. The second-order valence-corrected chi connectivity index (χ2v) is 5.73. The van der Waals surface area contributed by atoms with E-state index in [-0.39, 0.29) is 12.4 Å². The summed E-state index contributed by atoms with van der Waals surface area (Å²) in [5.41, 5.74) is 2.77. The molecule has 9 heteroatoms. The summed E-state index contributed by atoms with van der Waals surface area (Å²) < 4.78 is 21.1. The van der Waals surface area contributed by atoms with Crippen molar-refractivity contribution in [3.05, 3.63) is 48.0 Å².